The van der Waals surface area contributed by atoms with Crippen molar-refractivity contribution < 1.29 is 14.7 Å². The van der Waals surface area contributed by atoms with E-state index in [4.69, 9.17) is 16.7 Å². The largest absolute Gasteiger partial charge is 0.481 e. The number of carboxylic acid groups (broad SMARTS) is 1. The number of carbonyl (C=O) groups is 2. The zero-order valence-corrected chi connectivity index (χ0v) is 10.8. The summed E-state index contributed by atoms with van der Waals surface area (Å²) in [5.41, 5.74) is 0. The Labute approximate surface area is 115 Å². The molecule has 1 aliphatic carbocycles. The molecule has 2 atom stereocenters. The Morgan fingerprint density at radius 3 is 2.53 bits per heavy atom. The van der Waals surface area contributed by atoms with Crippen LogP contribution in [0.4, 0.5) is 5.82 Å². The summed E-state index contributed by atoms with van der Waals surface area (Å²) in [4.78, 5) is 27.2. The number of carboxylic acids is 1. The first-order chi connectivity index (χ1) is 9.08. The Morgan fingerprint density at radius 1 is 1.26 bits per heavy atom. The first kappa shape index (κ1) is 13.5. The minimum atomic E-state index is -0.950. The van der Waals surface area contributed by atoms with Gasteiger partial charge in [-0.05, 0) is 25.0 Å². The number of aliphatic carboxylic acids is 1. The number of anilines is 1. The van der Waals surface area contributed by atoms with Crippen molar-refractivity contribution in [2.45, 2.75) is 12.8 Å². The van der Waals surface area contributed by atoms with Crippen LogP contribution in [0.5, 0.6) is 0 Å². The molecule has 2 N–H and O–H groups in total. The van der Waals surface area contributed by atoms with Gasteiger partial charge in [0, 0.05) is 6.20 Å². The van der Waals surface area contributed by atoms with Crippen LogP contribution in [0.1, 0.15) is 12.8 Å². The summed E-state index contributed by atoms with van der Waals surface area (Å²) in [7, 11) is 0. The van der Waals surface area contributed by atoms with Gasteiger partial charge in [-0.15, -0.1) is 0 Å². The Hall–Kier alpha value is -1.88. The van der Waals surface area contributed by atoms with E-state index in [2.05, 4.69) is 10.3 Å². The number of hydrogen-bond donors (Lipinski definition) is 2. The maximum Gasteiger partial charge on any atom is 0.307 e. The minimum absolute atomic E-state index is 0.327. The van der Waals surface area contributed by atoms with E-state index in [1.807, 2.05) is 6.08 Å². The van der Waals surface area contributed by atoms with Crippen molar-refractivity contribution in [1.82, 2.24) is 4.98 Å². The maximum atomic E-state index is 12.1. The summed E-state index contributed by atoms with van der Waals surface area (Å²) in [6, 6.07) is 3.19. The molecule has 1 amide bonds. The number of hydrogen-bond acceptors (Lipinski definition) is 3. The summed E-state index contributed by atoms with van der Waals surface area (Å²) in [6.07, 6.45) is 5.85. The predicted octanol–water partition coefficient (Wildman–Crippen LogP) is 2.34. The van der Waals surface area contributed by atoms with Gasteiger partial charge in [0.05, 0.1) is 16.9 Å². The second-order valence-electron chi connectivity index (χ2n) is 4.34. The Bertz CT molecular complexity index is 513. The van der Waals surface area contributed by atoms with E-state index < -0.39 is 17.8 Å². The molecule has 0 radical (unpaired) electrons. The lowest BCUT2D eigenvalue weighted by atomic mass is 9.82. The fraction of sp³-hybridized carbons (Fsp3) is 0.308. The zero-order valence-electron chi connectivity index (χ0n) is 10.0. The number of amides is 1. The number of allylic oxidation sites excluding steroid dienone is 2. The number of pyridine rings is 1. The summed E-state index contributed by atoms with van der Waals surface area (Å²) >= 11 is 5.70. The molecule has 1 aromatic rings. The smallest absolute Gasteiger partial charge is 0.307 e. The molecule has 0 fully saturated rings. The van der Waals surface area contributed by atoms with Gasteiger partial charge in [0.2, 0.25) is 5.91 Å². The Kier molecular flexibility index (Phi) is 4.16. The van der Waals surface area contributed by atoms with Crippen LogP contribution >= 0.6 is 11.6 Å². The standard InChI is InChI=1S/C13H13ClN2O3/c14-8-5-6-11(15-7-8)16-12(17)9-3-1-2-4-10(9)13(18)19/h1-2,5-7,9-10H,3-4H2,(H,18,19)(H,15,16,17)/t9-,10-/m1/s1. The van der Waals surface area contributed by atoms with Crippen molar-refractivity contribution in [2.24, 2.45) is 11.8 Å². The van der Waals surface area contributed by atoms with Crippen molar-refractivity contribution in [3.63, 3.8) is 0 Å². The van der Waals surface area contributed by atoms with Crippen molar-refractivity contribution in [3.8, 4) is 0 Å². The molecule has 0 aromatic carbocycles. The van der Waals surface area contributed by atoms with Crippen molar-refractivity contribution in [2.75, 3.05) is 5.32 Å². The Morgan fingerprint density at radius 2 is 1.95 bits per heavy atom. The molecule has 0 spiro atoms. The van der Waals surface area contributed by atoms with Crippen molar-refractivity contribution in [1.29, 1.82) is 0 Å². The van der Waals surface area contributed by atoms with Crippen LogP contribution in [0, 0.1) is 11.8 Å². The monoisotopic (exact) mass is 280 g/mol. The molecule has 1 aliphatic rings. The van der Waals surface area contributed by atoms with Gasteiger partial charge < -0.3 is 10.4 Å². The molecule has 100 valence electrons. The number of halogens is 1. The first-order valence-corrected chi connectivity index (χ1v) is 6.26. The summed E-state index contributed by atoms with van der Waals surface area (Å²) in [5.74, 6) is -2.16. The lowest BCUT2D eigenvalue weighted by Gasteiger charge is -2.23. The quantitative estimate of drug-likeness (QED) is 0.833. The lowest BCUT2D eigenvalue weighted by molar-refractivity contribution is -0.146. The van der Waals surface area contributed by atoms with Crippen LogP contribution in [-0.2, 0) is 9.59 Å². The molecule has 0 saturated carbocycles. The van der Waals surface area contributed by atoms with E-state index in [0.29, 0.717) is 23.7 Å². The van der Waals surface area contributed by atoms with Gasteiger partial charge in [-0.1, -0.05) is 23.8 Å². The number of rotatable bonds is 3. The third-order valence-corrected chi connectivity index (χ3v) is 3.29. The van der Waals surface area contributed by atoms with E-state index in [1.165, 1.54) is 6.20 Å². The minimum Gasteiger partial charge on any atom is -0.481 e. The highest BCUT2D eigenvalue weighted by Crippen LogP contribution is 2.27. The highest BCUT2D eigenvalue weighted by Gasteiger charge is 2.34. The topological polar surface area (TPSA) is 79.3 Å². The van der Waals surface area contributed by atoms with Gasteiger partial charge in [-0.3, -0.25) is 9.59 Å². The molecule has 1 aromatic heterocycles. The van der Waals surface area contributed by atoms with E-state index >= 15 is 0 Å². The van der Waals surface area contributed by atoms with Crippen molar-refractivity contribution in [3.05, 3.63) is 35.5 Å². The van der Waals surface area contributed by atoms with Crippen LogP contribution in [0.25, 0.3) is 0 Å². The maximum absolute atomic E-state index is 12.1. The normalized spacial score (nSPS) is 21.9. The molecule has 0 aliphatic heterocycles. The molecule has 0 bridgehead atoms. The van der Waals surface area contributed by atoms with E-state index in [9.17, 15) is 9.59 Å². The second kappa shape index (κ2) is 5.84. The zero-order chi connectivity index (χ0) is 13.8. The van der Waals surface area contributed by atoms with Gasteiger partial charge in [0.25, 0.3) is 0 Å². The summed E-state index contributed by atoms with van der Waals surface area (Å²) < 4.78 is 0. The fourth-order valence-corrected chi connectivity index (χ4v) is 2.16. The third kappa shape index (κ3) is 3.32. The molecule has 6 heteroatoms. The Balaban J connectivity index is 2.08. The number of carbonyl (C=O) groups excluding carboxylic acids is 1. The average molecular weight is 281 g/mol. The highest BCUT2D eigenvalue weighted by molar-refractivity contribution is 6.30. The van der Waals surface area contributed by atoms with Crippen LogP contribution in [0.2, 0.25) is 5.02 Å². The fourth-order valence-electron chi connectivity index (χ4n) is 2.05. The van der Waals surface area contributed by atoms with Gasteiger partial charge in [-0.25, -0.2) is 4.98 Å². The molecule has 2 rings (SSSR count). The SMILES string of the molecule is O=C(O)[C@@H]1CC=CC[C@H]1C(=O)Nc1ccc(Cl)cn1. The van der Waals surface area contributed by atoms with Crippen LogP contribution in [0.15, 0.2) is 30.5 Å². The third-order valence-electron chi connectivity index (χ3n) is 3.07. The molecule has 0 unspecified atom stereocenters. The van der Waals surface area contributed by atoms with Crippen LogP contribution in [0.3, 0.4) is 0 Å². The van der Waals surface area contributed by atoms with Gasteiger partial charge in [-0.2, -0.15) is 0 Å². The summed E-state index contributed by atoms with van der Waals surface area (Å²) in [6.45, 7) is 0. The lowest BCUT2D eigenvalue weighted by Crippen LogP contribution is -2.34. The second-order valence-corrected chi connectivity index (χ2v) is 4.78. The van der Waals surface area contributed by atoms with Gasteiger partial charge in [0.15, 0.2) is 0 Å². The van der Waals surface area contributed by atoms with E-state index in [0.717, 1.165) is 0 Å². The molecule has 0 saturated heterocycles. The average Bonchev–Trinajstić information content (AvgIpc) is 2.41. The molecular weight excluding hydrogens is 268 g/mol. The van der Waals surface area contributed by atoms with Gasteiger partial charge in [0.1, 0.15) is 5.82 Å². The molecule has 5 nitrogen and oxygen atoms in total. The molecule has 19 heavy (non-hydrogen) atoms. The molecular formula is C13H13ClN2O3. The number of nitrogens with one attached hydrogen (secondary N) is 1. The highest BCUT2D eigenvalue weighted by atomic mass is 35.5. The van der Waals surface area contributed by atoms with E-state index in [-0.39, 0.29) is 5.91 Å². The van der Waals surface area contributed by atoms with Crippen LogP contribution in [-0.4, -0.2) is 22.0 Å². The number of nitrogens with zero attached hydrogens (tertiary/aromatic N) is 1. The van der Waals surface area contributed by atoms with Crippen LogP contribution < -0.4 is 5.32 Å². The molecule has 1 heterocycles. The van der Waals surface area contributed by atoms with E-state index in [1.54, 1.807) is 18.2 Å². The summed E-state index contributed by atoms with van der Waals surface area (Å²) in [5, 5.41) is 12.2. The predicted molar refractivity (Wildman–Crippen MR) is 70.9 cm³/mol. The first-order valence-electron chi connectivity index (χ1n) is 5.88. The number of aromatic nitrogens is 1. The van der Waals surface area contributed by atoms with Crippen molar-refractivity contribution >= 4 is 29.3 Å². The van der Waals surface area contributed by atoms with Gasteiger partial charge >= 0.3 is 5.97 Å².